The minimum atomic E-state index is 0.790. The quantitative estimate of drug-likeness (QED) is 0.259. The van der Waals surface area contributed by atoms with Crippen molar-refractivity contribution in [3.63, 3.8) is 0 Å². The van der Waals surface area contributed by atoms with Crippen molar-refractivity contribution in [2.75, 3.05) is 0 Å². The molecule has 0 radical (unpaired) electrons. The van der Waals surface area contributed by atoms with E-state index in [-0.39, 0.29) is 0 Å². The van der Waals surface area contributed by atoms with Gasteiger partial charge in [-0.15, -0.1) is 0 Å². The molecule has 0 aromatic rings. The molecule has 0 amide bonds. The lowest BCUT2D eigenvalue weighted by molar-refractivity contribution is 0.284. The molecule has 0 aliphatic heterocycles. The fraction of sp³-hybridized carbons (Fsp3) is 0.923. The third kappa shape index (κ3) is 5.49. The number of alkyl halides is 2. The van der Waals surface area contributed by atoms with Gasteiger partial charge in [0.2, 0.25) is 0 Å². The number of hydrogen-bond donors (Lipinski definition) is 0. The Morgan fingerprint density at radius 3 is 0.964 bits per heavy atom. The summed E-state index contributed by atoms with van der Waals surface area (Å²) in [5, 5.41) is 0. The van der Waals surface area contributed by atoms with E-state index in [0.717, 1.165) is 33.3 Å². The average Bonchev–Trinajstić information content (AvgIpc) is 2.75. The van der Waals surface area contributed by atoms with Crippen LogP contribution in [0.25, 0.3) is 0 Å². The van der Waals surface area contributed by atoms with Gasteiger partial charge in [0.15, 0.2) is 0 Å². The van der Waals surface area contributed by atoms with Gasteiger partial charge in [0.1, 0.15) is 0 Å². The van der Waals surface area contributed by atoms with Gasteiger partial charge < -0.3 is 0 Å². The fourth-order valence-corrected chi connectivity index (χ4v) is 8.22. The van der Waals surface area contributed by atoms with Crippen LogP contribution in [-0.2, 0) is 0 Å². The summed E-state index contributed by atoms with van der Waals surface area (Å²) < 4.78 is 0. The van der Waals surface area contributed by atoms with Crippen LogP contribution in [0.2, 0.25) is 0 Å². The largest absolute Gasteiger partial charge is 0.0891 e. The Labute approximate surface area is 191 Å². The van der Waals surface area contributed by atoms with Crippen LogP contribution in [0.5, 0.6) is 0 Å². The van der Waals surface area contributed by atoms with Crippen LogP contribution in [0.15, 0.2) is 11.1 Å². The van der Waals surface area contributed by atoms with Crippen LogP contribution >= 0.6 is 31.9 Å². The molecule has 160 valence electrons. The minimum Gasteiger partial charge on any atom is -0.0891 e. The maximum Gasteiger partial charge on any atom is 0.0146 e. The first-order chi connectivity index (χ1) is 13.7. The highest BCUT2D eigenvalue weighted by Gasteiger charge is 2.36. The van der Waals surface area contributed by atoms with Crippen molar-refractivity contribution in [1.82, 2.24) is 0 Å². The van der Waals surface area contributed by atoms with Gasteiger partial charge >= 0.3 is 0 Å². The summed E-state index contributed by atoms with van der Waals surface area (Å²) in [4.78, 5) is 1.58. The van der Waals surface area contributed by atoms with Crippen molar-refractivity contribution in [1.29, 1.82) is 0 Å². The van der Waals surface area contributed by atoms with E-state index in [0.29, 0.717) is 0 Å². The molecule has 4 rings (SSSR count). The van der Waals surface area contributed by atoms with Gasteiger partial charge in [-0.2, -0.15) is 0 Å². The van der Waals surface area contributed by atoms with Crippen molar-refractivity contribution in [2.24, 2.45) is 23.7 Å². The molecular formula is C26H42Br2. The Morgan fingerprint density at radius 2 is 0.643 bits per heavy atom. The van der Waals surface area contributed by atoms with Crippen LogP contribution in [0.3, 0.4) is 0 Å². The van der Waals surface area contributed by atoms with E-state index in [1.165, 1.54) is 116 Å². The third-order valence-electron chi connectivity index (χ3n) is 8.62. The van der Waals surface area contributed by atoms with Gasteiger partial charge in [0.25, 0.3) is 0 Å². The minimum absolute atomic E-state index is 0.790. The molecule has 0 aromatic heterocycles. The zero-order valence-corrected chi connectivity index (χ0v) is 21.1. The second-order valence-electron chi connectivity index (χ2n) is 10.5. The topological polar surface area (TPSA) is 0 Å². The van der Waals surface area contributed by atoms with E-state index in [1.807, 2.05) is 0 Å². The number of rotatable bonds is 4. The van der Waals surface area contributed by atoms with E-state index < -0.39 is 0 Å². The Morgan fingerprint density at radius 1 is 0.357 bits per heavy atom. The lowest BCUT2D eigenvalue weighted by atomic mass is 9.64. The Balaban J connectivity index is 1.69. The summed E-state index contributed by atoms with van der Waals surface area (Å²) in [5.74, 6) is 3.75. The lowest BCUT2D eigenvalue weighted by Crippen LogP contribution is -2.29. The number of hydrogen-bond acceptors (Lipinski definition) is 0. The molecule has 4 aliphatic rings. The molecule has 0 heterocycles. The summed E-state index contributed by atoms with van der Waals surface area (Å²) in [7, 11) is 0. The van der Waals surface area contributed by atoms with Crippen LogP contribution in [0, 0.1) is 23.7 Å². The average molecular weight is 514 g/mol. The maximum absolute atomic E-state index is 3.94. The van der Waals surface area contributed by atoms with Crippen molar-refractivity contribution >= 4 is 31.9 Å². The van der Waals surface area contributed by atoms with Crippen molar-refractivity contribution in [2.45, 2.75) is 125 Å². The Kier molecular flexibility index (Phi) is 8.48. The van der Waals surface area contributed by atoms with Gasteiger partial charge in [-0.05, 0) is 101 Å². The number of halogens is 2. The SMILES string of the molecule is BrC1CCC(/C(=C(\C2CCCCC2)C2CCC(Br)CC2)C2CCCCC2)CC1. The highest BCUT2D eigenvalue weighted by molar-refractivity contribution is 9.09. The van der Waals surface area contributed by atoms with Gasteiger partial charge in [-0.3, -0.25) is 0 Å². The van der Waals surface area contributed by atoms with Gasteiger partial charge in [0, 0.05) is 9.65 Å². The van der Waals surface area contributed by atoms with Crippen LogP contribution in [0.1, 0.15) is 116 Å². The predicted molar refractivity (Wildman–Crippen MR) is 130 cm³/mol. The first kappa shape index (κ1) is 21.9. The molecule has 4 aliphatic carbocycles. The van der Waals surface area contributed by atoms with Gasteiger partial charge in [-0.25, -0.2) is 0 Å². The molecule has 0 spiro atoms. The normalized spacial score (nSPS) is 37.5. The Bertz CT molecular complexity index is 451. The Hall–Kier alpha value is 0.700. The van der Waals surface area contributed by atoms with E-state index in [1.54, 1.807) is 0 Å². The van der Waals surface area contributed by atoms with Gasteiger partial charge in [0.05, 0.1) is 0 Å². The molecule has 0 aromatic carbocycles. The summed E-state index contributed by atoms with van der Waals surface area (Å²) in [6.07, 6.45) is 26.5. The maximum atomic E-state index is 3.94. The van der Waals surface area contributed by atoms with E-state index >= 15 is 0 Å². The molecule has 0 saturated heterocycles. The first-order valence-electron chi connectivity index (χ1n) is 12.7. The monoisotopic (exact) mass is 512 g/mol. The van der Waals surface area contributed by atoms with E-state index in [4.69, 9.17) is 0 Å². The molecule has 28 heavy (non-hydrogen) atoms. The van der Waals surface area contributed by atoms with Crippen molar-refractivity contribution in [3.05, 3.63) is 11.1 Å². The molecule has 0 bridgehead atoms. The predicted octanol–water partition coefficient (Wildman–Crippen LogP) is 9.35. The molecule has 2 heteroatoms. The summed E-state index contributed by atoms with van der Waals surface area (Å²) in [6, 6.07) is 0. The second kappa shape index (κ2) is 10.8. The molecule has 4 fully saturated rings. The zero-order valence-electron chi connectivity index (χ0n) is 17.9. The van der Waals surface area contributed by atoms with E-state index in [9.17, 15) is 0 Å². The molecular weight excluding hydrogens is 472 g/mol. The third-order valence-corrected chi connectivity index (χ3v) is 10.4. The van der Waals surface area contributed by atoms with Gasteiger partial charge in [-0.1, -0.05) is 81.5 Å². The second-order valence-corrected chi connectivity index (χ2v) is 13.1. The molecule has 0 nitrogen and oxygen atoms in total. The lowest BCUT2D eigenvalue weighted by Gasteiger charge is -2.42. The van der Waals surface area contributed by atoms with Crippen molar-refractivity contribution < 1.29 is 0 Å². The van der Waals surface area contributed by atoms with E-state index in [2.05, 4.69) is 43.0 Å². The highest BCUT2D eigenvalue weighted by atomic mass is 79.9. The van der Waals surface area contributed by atoms with Crippen LogP contribution in [-0.4, -0.2) is 9.65 Å². The highest BCUT2D eigenvalue weighted by Crippen LogP contribution is 2.49. The molecule has 0 atom stereocenters. The smallest absolute Gasteiger partial charge is 0.0146 e. The van der Waals surface area contributed by atoms with Crippen molar-refractivity contribution in [3.8, 4) is 0 Å². The fourth-order valence-electron chi connectivity index (χ4n) is 7.16. The zero-order chi connectivity index (χ0) is 19.3. The summed E-state index contributed by atoms with van der Waals surface area (Å²) in [5.41, 5.74) is 4.15. The molecule has 0 unspecified atom stereocenters. The summed E-state index contributed by atoms with van der Waals surface area (Å²) >= 11 is 7.87. The molecule has 4 saturated carbocycles. The summed E-state index contributed by atoms with van der Waals surface area (Å²) in [6.45, 7) is 0. The first-order valence-corrected chi connectivity index (χ1v) is 14.6. The van der Waals surface area contributed by atoms with Crippen LogP contribution < -0.4 is 0 Å². The number of allylic oxidation sites excluding steroid dienone is 2. The van der Waals surface area contributed by atoms with Crippen LogP contribution in [0.4, 0.5) is 0 Å². The molecule has 0 N–H and O–H groups in total. The standard InChI is InChI=1S/C26H42Br2/c27-23-15-11-21(12-16-23)25(19-7-3-1-4-8-19)26(20-9-5-2-6-10-20)22-13-17-24(28)18-14-22/h19-24H,1-18H2/b26-25+.